The smallest absolute Gasteiger partial charge is 0.305 e. The van der Waals surface area contributed by atoms with E-state index in [0.29, 0.717) is 37.1 Å². The molecule has 2 aliphatic rings. The molecule has 0 aliphatic carbocycles. The van der Waals surface area contributed by atoms with Crippen LogP contribution in [-0.4, -0.2) is 132 Å². The van der Waals surface area contributed by atoms with Crippen LogP contribution in [0.3, 0.4) is 0 Å². The Morgan fingerprint density at radius 2 is 1.55 bits per heavy atom. The topological polar surface area (TPSA) is 356 Å². The number of hydrogen-bond acceptors (Lipinski definition) is 12. The van der Waals surface area contributed by atoms with Crippen molar-refractivity contribution < 1.29 is 53.1 Å². The number of primary amides is 1. The molecule has 2 heterocycles. The minimum absolute atomic E-state index is 0.190. The number of benzene rings is 1. The number of rotatable bonds is 22. The summed E-state index contributed by atoms with van der Waals surface area (Å²) in [4.78, 5) is 128. The Morgan fingerprint density at radius 3 is 2.21 bits per heavy atom. The predicted octanol–water partition coefficient (Wildman–Crippen LogP) is -4.27. The number of carbonyl (C=O) groups excluding carboxylic acids is 9. The maximum atomic E-state index is 13.9. The van der Waals surface area contributed by atoms with Crippen LogP contribution < -0.4 is 54.4 Å². The van der Waals surface area contributed by atoms with E-state index in [1.165, 1.54) is 18.7 Å². The van der Waals surface area contributed by atoms with Crippen LogP contribution in [-0.2, 0) is 47.9 Å². The molecule has 1 unspecified atom stereocenters. The molecule has 1 aromatic carbocycles. The zero-order chi connectivity index (χ0) is 43.1. The van der Waals surface area contributed by atoms with Gasteiger partial charge in [-0.2, -0.15) is 0 Å². The first-order chi connectivity index (χ1) is 27.4. The van der Waals surface area contributed by atoms with Crippen molar-refractivity contribution >= 4 is 64.8 Å². The van der Waals surface area contributed by atoms with Crippen LogP contribution in [0.1, 0.15) is 70.3 Å². The van der Waals surface area contributed by atoms with Gasteiger partial charge in [-0.15, -0.1) is 0 Å². The highest BCUT2D eigenvalue weighted by Crippen LogP contribution is 2.35. The van der Waals surface area contributed by atoms with Gasteiger partial charge in [0.1, 0.15) is 30.2 Å². The summed E-state index contributed by atoms with van der Waals surface area (Å²) < 4.78 is 0. The highest BCUT2D eigenvalue weighted by molar-refractivity contribution is 6.04. The number of unbranched alkanes of at least 4 members (excludes halogenated alkanes) is 1. The van der Waals surface area contributed by atoms with Crippen LogP contribution in [0.25, 0.3) is 0 Å². The number of nitrogens with two attached hydrogens (primary N) is 3. The third-order valence-electron chi connectivity index (χ3n) is 9.51. The lowest BCUT2D eigenvalue weighted by Crippen LogP contribution is -2.57. The van der Waals surface area contributed by atoms with E-state index in [-0.39, 0.29) is 25.8 Å². The second-order valence-corrected chi connectivity index (χ2v) is 14.1. The first-order valence-electron chi connectivity index (χ1n) is 18.8. The number of fused-ring (bicyclic) bond motifs is 1. The van der Waals surface area contributed by atoms with E-state index >= 15 is 0 Å². The van der Waals surface area contributed by atoms with Gasteiger partial charge < -0.3 is 64.4 Å². The summed E-state index contributed by atoms with van der Waals surface area (Å²) in [5.41, 5.74) is 17.5. The van der Waals surface area contributed by atoms with Crippen molar-refractivity contribution in [3.63, 3.8) is 0 Å². The van der Waals surface area contributed by atoms with Gasteiger partial charge in [0.25, 0.3) is 0 Å². The van der Waals surface area contributed by atoms with E-state index in [9.17, 15) is 47.9 Å². The van der Waals surface area contributed by atoms with Gasteiger partial charge in [0.05, 0.1) is 31.5 Å². The zero-order valence-corrected chi connectivity index (χ0v) is 32.3. The van der Waals surface area contributed by atoms with Gasteiger partial charge in [-0.25, -0.2) is 0 Å². The van der Waals surface area contributed by atoms with Crippen molar-refractivity contribution in [3.8, 4) is 0 Å². The Labute approximate surface area is 333 Å². The fourth-order valence-corrected chi connectivity index (χ4v) is 6.35. The van der Waals surface area contributed by atoms with E-state index in [0.717, 1.165) is 0 Å². The number of carbonyl (C=O) groups is 10. The van der Waals surface area contributed by atoms with Gasteiger partial charge in [0.2, 0.25) is 53.2 Å². The first kappa shape index (κ1) is 46.2. The van der Waals surface area contributed by atoms with Crippen molar-refractivity contribution in [2.45, 2.75) is 101 Å². The molecule has 1 aromatic rings. The summed E-state index contributed by atoms with van der Waals surface area (Å²) in [6.07, 6.45) is 0.944. The molecule has 2 aliphatic heterocycles. The number of hydrogen-bond donors (Lipinski definition) is 11. The fourth-order valence-electron chi connectivity index (χ4n) is 6.35. The van der Waals surface area contributed by atoms with Gasteiger partial charge in [0, 0.05) is 12.2 Å². The van der Waals surface area contributed by atoms with Crippen molar-refractivity contribution in [2.75, 3.05) is 31.5 Å². The quantitative estimate of drug-likeness (QED) is 0.0495. The van der Waals surface area contributed by atoms with Crippen LogP contribution >= 0.6 is 0 Å². The van der Waals surface area contributed by atoms with Gasteiger partial charge in [-0.05, 0) is 70.5 Å². The Bertz CT molecular complexity index is 1740. The van der Waals surface area contributed by atoms with Crippen LogP contribution in [0.4, 0.5) is 5.69 Å². The number of amides is 9. The molecule has 1 saturated heterocycles. The average molecular weight is 816 g/mol. The van der Waals surface area contributed by atoms with E-state index in [1.54, 1.807) is 24.3 Å². The average Bonchev–Trinajstić information content (AvgIpc) is 3.79. The predicted molar refractivity (Wildman–Crippen MR) is 205 cm³/mol. The molecule has 22 heteroatoms. The van der Waals surface area contributed by atoms with Crippen molar-refractivity contribution in [1.82, 2.24) is 36.8 Å². The molecule has 0 aromatic heterocycles. The summed E-state index contributed by atoms with van der Waals surface area (Å²) >= 11 is 0. The molecule has 14 N–H and O–H groups in total. The number of nitrogens with zero attached hydrogens (tertiary/aromatic N) is 1. The number of nitrogens with one attached hydrogen (secondary N) is 7. The van der Waals surface area contributed by atoms with E-state index in [1.807, 2.05) is 0 Å². The van der Waals surface area contributed by atoms with Gasteiger partial charge in [-0.3, -0.25) is 47.9 Å². The summed E-state index contributed by atoms with van der Waals surface area (Å²) in [5.74, 6) is -9.16. The van der Waals surface area contributed by atoms with Crippen molar-refractivity contribution in [1.29, 1.82) is 0 Å². The second-order valence-electron chi connectivity index (χ2n) is 14.1. The molecule has 0 spiro atoms. The third kappa shape index (κ3) is 13.5. The van der Waals surface area contributed by atoms with E-state index in [4.69, 9.17) is 22.3 Å². The van der Waals surface area contributed by atoms with Gasteiger partial charge in [-0.1, -0.05) is 18.2 Å². The molecule has 58 heavy (non-hydrogen) atoms. The van der Waals surface area contributed by atoms with Crippen LogP contribution in [0.15, 0.2) is 24.3 Å². The summed E-state index contributed by atoms with van der Waals surface area (Å²) in [7, 11) is 0. The van der Waals surface area contributed by atoms with Gasteiger partial charge in [0.15, 0.2) is 0 Å². The SMILES string of the molecule is C[C@H](N)C(=O)N[C@@H](CCCCN)C(=O)N1CCC[C@H]1C(=O)N[C@@H](CC1C(=O)Nc2ccccc21)C(=O)NCC(=O)NCC(=O)N[C@@H](CC(=O)O)C(=O)N[C@@H](C)C(N)=O. The molecule has 9 amide bonds. The maximum Gasteiger partial charge on any atom is 0.305 e. The Hall–Kier alpha value is -6.16. The minimum Gasteiger partial charge on any atom is -0.481 e. The summed E-state index contributed by atoms with van der Waals surface area (Å²) in [6, 6.07) is -0.326. The van der Waals surface area contributed by atoms with Crippen LogP contribution in [0.5, 0.6) is 0 Å². The third-order valence-corrected chi connectivity index (χ3v) is 9.51. The first-order valence-corrected chi connectivity index (χ1v) is 18.8. The molecule has 0 bridgehead atoms. The van der Waals surface area contributed by atoms with Crippen LogP contribution in [0.2, 0.25) is 0 Å². The molecule has 22 nitrogen and oxygen atoms in total. The number of anilines is 1. The van der Waals surface area contributed by atoms with E-state index in [2.05, 4.69) is 37.2 Å². The lowest BCUT2D eigenvalue weighted by atomic mass is 9.92. The Balaban J connectivity index is 1.71. The highest BCUT2D eigenvalue weighted by atomic mass is 16.4. The van der Waals surface area contributed by atoms with Crippen LogP contribution in [0, 0.1) is 0 Å². The van der Waals surface area contributed by atoms with Crippen molar-refractivity contribution in [2.24, 2.45) is 17.2 Å². The molecule has 0 radical (unpaired) electrons. The molecular formula is C36H53N11O11. The maximum absolute atomic E-state index is 13.9. The number of carboxylic acids is 1. The standard InChI is InChI=1S/C36H53N11O11/c1-18(38)31(53)45-23(10-5-6-12-37)36(58)47-13-7-11-26(47)35(57)46-24(14-21-20-8-3-4-9-22(20)44-32(21)54)33(55)41-16-27(48)40-17-28(49)43-25(15-29(50)51)34(56)42-19(2)30(39)52/h3-4,8-9,18-19,21,23-26H,5-7,10-17,37-38H2,1-2H3,(H2,39,52)(H,40,48)(H,41,55)(H,42,56)(H,43,49)(H,44,54)(H,45,53)(H,46,57)(H,50,51)/t18-,19-,21?,23-,24-,25-,26-/m0/s1. The Morgan fingerprint density at radius 1 is 0.862 bits per heavy atom. The highest BCUT2D eigenvalue weighted by Gasteiger charge is 2.41. The second kappa shape index (κ2) is 22.0. The monoisotopic (exact) mass is 815 g/mol. The van der Waals surface area contributed by atoms with Gasteiger partial charge >= 0.3 is 5.97 Å². The lowest BCUT2D eigenvalue weighted by molar-refractivity contribution is -0.142. The number of para-hydroxylation sites is 1. The normalized spacial score (nSPS) is 18.2. The zero-order valence-electron chi connectivity index (χ0n) is 32.3. The fraction of sp³-hybridized carbons (Fsp3) is 0.556. The lowest BCUT2D eigenvalue weighted by Gasteiger charge is -2.30. The summed E-state index contributed by atoms with van der Waals surface area (Å²) in [5, 5.41) is 26.1. The summed E-state index contributed by atoms with van der Waals surface area (Å²) in [6.45, 7) is 1.83. The van der Waals surface area contributed by atoms with E-state index < -0.39 is 121 Å². The Kier molecular flexibility index (Phi) is 17.5. The largest absolute Gasteiger partial charge is 0.481 e. The molecule has 0 saturated carbocycles. The molecule has 318 valence electrons. The molecule has 1 fully saturated rings. The molecular weight excluding hydrogens is 762 g/mol. The minimum atomic E-state index is -1.62. The number of carboxylic acid groups (broad SMARTS) is 1. The molecule has 7 atom stereocenters. The van der Waals surface area contributed by atoms with Crippen molar-refractivity contribution in [3.05, 3.63) is 29.8 Å². The number of aliphatic carboxylic acids is 1. The molecule has 3 rings (SSSR count). The number of likely N-dealkylation sites (tertiary alicyclic amines) is 1.